The van der Waals surface area contributed by atoms with E-state index in [1.165, 1.54) is 0 Å². The maximum Gasteiger partial charge on any atom is 0.240 e. The van der Waals surface area contributed by atoms with Crippen LogP contribution in [0.25, 0.3) is 0 Å². The zero-order valence-corrected chi connectivity index (χ0v) is 13.4. The van der Waals surface area contributed by atoms with Gasteiger partial charge in [0, 0.05) is 25.0 Å². The predicted molar refractivity (Wildman–Crippen MR) is 81.0 cm³/mol. The van der Waals surface area contributed by atoms with E-state index in [4.69, 9.17) is 4.74 Å². The second kappa shape index (κ2) is 6.58. The number of ether oxygens (including phenoxy) is 1. The molecule has 0 aromatic carbocycles. The van der Waals surface area contributed by atoms with Gasteiger partial charge in [-0.05, 0) is 27.2 Å². The molecule has 6 heteroatoms. The van der Waals surface area contributed by atoms with Gasteiger partial charge in [-0.2, -0.15) is 0 Å². The molecule has 1 fully saturated rings. The SMILES string of the molecule is CCC(NC(=O)C(C)(C)N1CCOCC1)c1ncc(C)[nH]1. The van der Waals surface area contributed by atoms with E-state index in [2.05, 4.69) is 20.2 Å². The first-order valence-electron chi connectivity index (χ1n) is 7.60. The molecule has 1 aromatic rings. The van der Waals surface area contributed by atoms with Crippen LogP contribution in [-0.2, 0) is 9.53 Å². The van der Waals surface area contributed by atoms with E-state index in [9.17, 15) is 4.79 Å². The molecule has 1 aromatic heterocycles. The fourth-order valence-corrected chi connectivity index (χ4v) is 2.57. The summed E-state index contributed by atoms with van der Waals surface area (Å²) in [5, 5.41) is 3.12. The van der Waals surface area contributed by atoms with Gasteiger partial charge in [-0.25, -0.2) is 4.98 Å². The van der Waals surface area contributed by atoms with Crippen molar-refractivity contribution in [2.45, 2.75) is 45.7 Å². The van der Waals surface area contributed by atoms with Crippen LogP contribution in [0.3, 0.4) is 0 Å². The van der Waals surface area contributed by atoms with Crippen LogP contribution < -0.4 is 5.32 Å². The number of hydrogen-bond donors (Lipinski definition) is 2. The zero-order chi connectivity index (χ0) is 15.5. The van der Waals surface area contributed by atoms with Gasteiger partial charge in [0.15, 0.2) is 0 Å². The summed E-state index contributed by atoms with van der Waals surface area (Å²) in [6.45, 7) is 10.9. The number of aromatic nitrogens is 2. The number of hydrogen-bond acceptors (Lipinski definition) is 4. The van der Waals surface area contributed by atoms with Crippen LogP contribution in [0.4, 0.5) is 0 Å². The third kappa shape index (κ3) is 3.63. The van der Waals surface area contributed by atoms with Crippen LogP contribution in [0.15, 0.2) is 6.20 Å². The summed E-state index contributed by atoms with van der Waals surface area (Å²) < 4.78 is 5.36. The van der Waals surface area contributed by atoms with Crippen molar-refractivity contribution in [2.75, 3.05) is 26.3 Å². The molecule has 0 saturated carbocycles. The molecule has 118 valence electrons. The minimum atomic E-state index is -0.543. The number of nitrogens with zero attached hydrogens (tertiary/aromatic N) is 2. The van der Waals surface area contributed by atoms with Gasteiger partial charge in [0.1, 0.15) is 5.82 Å². The lowest BCUT2D eigenvalue weighted by atomic mass is 10.00. The first-order chi connectivity index (χ1) is 9.95. The van der Waals surface area contributed by atoms with Crippen molar-refractivity contribution in [3.63, 3.8) is 0 Å². The number of aromatic amines is 1. The van der Waals surface area contributed by atoms with Gasteiger partial charge in [0.2, 0.25) is 5.91 Å². The minimum absolute atomic E-state index is 0.0327. The summed E-state index contributed by atoms with van der Waals surface area (Å²) >= 11 is 0. The van der Waals surface area contributed by atoms with E-state index >= 15 is 0 Å². The molecule has 1 aliphatic rings. The molecular weight excluding hydrogens is 268 g/mol. The number of H-pyrrole nitrogens is 1. The first kappa shape index (κ1) is 16.0. The fourth-order valence-electron chi connectivity index (χ4n) is 2.57. The number of carbonyl (C=O) groups excluding carboxylic acids is 1. The second-order valence-corrected chi connectivity index (χ2v) is 6.04. The highest BCUT2D eigenvalue weighted by atomic mass is 16.5. The fraction of sp³-hybridized carbons (Fsp3) is 0.733. The second-order valence-electron chi connectivity index (χ2n) is 6.04. The number of rotatable bonds is 5. The largest absolute Gasteiger partial charge is 0.379 e. The maximum atomic E-state index is 12.7. The van der Waals surface area contributed by atoms with Gasteiger partial charge >= 0.3 is 0 Å². The summed E-state index contributed by atoms with van der Waals surface area (Å²) in [6, 6.07) is -0.0773. The topological polar surface area (TPSA) is 70.2 Å². The van der Waals surface area contributed by atoms with Crippen LogP contribution in [0.5, 0.6) is 0 Å². The molecule has 0 spiro atoms. The zero-order valence-electron chi connectivity index (χ0n) is 13.4. The molecule has 21 heavy (non-hydrogen) atoms. The summed E-state index contributed by atoms with van der Waals surface area (Å²) in [4.78, 5) is 22.4. The Morgan fingerprint density at radius 1 is 1.52 bits per heavy atom. The number of carbonyl (C=O) groups is 1. The van der Waals surface area contributed by atoms with Gasteiger partial charge < -0.3 is 15.0 Å². The molecule has 1 unspecified atom stereocenters. The van der Waals surface area contributed by atoms with Gasteiger partial charge in [-0.3, -0.25) is 9.69 Å². The smallest absolute Gasteiger partial charge is 0.240 e. The van der Waals surface area contributed by atoms with E-state index in [-0.39, 0.29) is 11.9 Å². The minimum Gasteiger partial charge on any atom is -0.379 e. The monoisotopic (exact) mass is 294 g/mol. The lowest BCUT2D eigenvalue weighted by Crippen LogP contribution is -2.58. The normalized spacial score (nSPS) is 18.5. The summed E-state index contributed by atoms with van der Waals surface area (Å²) in [5.74, 6) is 0.853. The number of morpholine rings is 1. The first-order valence-corrected chi connectivity index (χ1v) is 7.60. The Bertz CT molecular complexity index is 478. The molecule has 0 radical (unpaired) electrons. The van der Waals surface area contributed by atoms with Crippen molar-refractivity contribution < 1.29 is 9.53 Å². The predicted octanol–water partition coefficient (Wildman–Crippen LogP) is 1.40. The molecule has 0 bridgehead atoms. The quantitative estimate of drug-likeness (QED) is 0.861. The Hall–Kier alpha value is -1.40. The Morgan fingerprint density at radius 3 is 2.71 bits per heavy atom. The van der Waals surface area contributed by atoms with Crippen molar-refractivity contribution in [2.24, 2.45) is 0 Å². The third-order valence-electron chi connectivity index (χ3n) is 4.12. The van der Waals surface area contributed by atoms with Crippen LogP contribution in [0.1, 0.15) is 44.8 Å². The molecule has 6 nitrogen and oxygen atoms in total. The van der Waals surface area contributed by atoms with Gasteiger partial charge in [0.05, 0.1) is 24.8 Å². The Labute approximate surface area is 126 Å². The van der Waals surface area contributed by atoms with Crippen molar-refractivity contribution in [1.29, 1.82) is 0 Å². The standard InChI is InChI=1S/C15H26N4O2/c1-5-12(13-16-10-11(2)17-13)18-14(20)15(3,4)19-6-8-21-9-7-19/h10,12H,5-9H2,1-4H3,(H,16,17)(H,18,20). The molecule has 0 aliphatic carbocycles. The molecule has 1 aliphatic heterocycles. The molecule has 2 heterocycles. The van der Waals surface area contributed by atoms with Crippen molar-refractivity contribution in [1.82, 2.24) is 20.2 Å². The highest BCUT2D eigenvalue weighted by Crippen LogP contribution is 2.20. The van der Waals surface area contributed by atoms with Crippen LogP contribution >= 0.6 is 0 Å². The molecule has 1 saturated heterocycles. The van der Waals surface area contributed by atoms with Crippen molar-refractivity contribution in [3.05, 3.63) is 17.7 Å². The van der Waals surface area contributed by atoms with E-state index < -0.39 is 5.54 Å². The van der Waals surface area contributed by atoms with Crippen molar-refractivity contribution in [3.8, 4) is 0 Å². The summed E-state index contributed by atoms with van der Waals surface area (Å²) in [7, 11) is 0. The average Bonchev–Trinajstić information content (AvgIpc) is 2.91. The van der Waals surface area contributed by atoms with Gasteiger partial charge in [-0.15, -0.1) is 0 Å². The van der Waals surface area contributed by atoms with Crippen molar-refractivity contribution >= 4 is 5.91 Å². The lowest BCUT2D eigenvalue weighted by Gasteiger charge is -2.40. The number of aryl methyl sites for hydroxylation is 1. The molecule has 2 N–H and O–H groups in total. The lowest BCUT2D eigenvalue weighted by molar-refractivity contribution is -0.135. The molecule has 1 amide bonds. The Morgan fingerprint density at radius 2 is 2.19 bits per heavy atom. The van der Waals surface area contributed by atoms with Crippen LogP contribution in [0, 0.1) is 6.92 Å². The number of amides is 1. The number of nitrogens with one attached hydrogen (secondary N) is 2. The third-order valence-corrected chi connectivity index (χ3v) is 4.12. The highest BCUT2D eigenvalue weighted by molar-refractivity contribution is 5.85. The Kier molecular flexibility index (Phi) is 5.00. The maximum absolute atomic E-state index is 12.7. The number of imidazole rings is 1. The Balaban J connectivity index is 2.04. The summed E-state index contributed by atoms with van der Waals surface area (Å²) in [5.41, 5.74) is 0.462. The highest BCUT2D eigenvalue weighted by Gasteiger charge is 2.36. The van der Waals surface area contributed by atoms with E-state index in [1.807, 2.05) is 27.7 Å². The summed E-state index contributed by atoms with van der Waals surface area (Å²) in [6.07, 6.45) is 2.59. The van der Waals surface area contributed by atoms with E-state index in [1.54, 1.807) is 6.20 Å². The average molecular weight is 294 g/mol. The van der Waals surface area contributed by atoms with E-state index in [0.29, 0.717) is 13.2 Å². The van der Waals surface area contributed by atoms with Gasteiger partial charge in [0.25, 0.3) is 0 Å². The van der Waals surface area contributed by atoms with Crippen LogP contribution in [0.2, 0.25) is 0 Å². The van der Waals surface area contributed by atoms with Crippen LogP contribution in [-0.4, -0.2) is 52.6 Å². The molecular formula is C15H26N4O2. The molecule has 2 rings (SSSR count). The van der Waals surface area contributed by atoms with E-state index in [0.717, 1.165) is 31.0 Å². The van der Waals surface area contributed by atoms with Gasteiger partial charge in [-0.1, -0.05) is 6.92 Å². The molecule has 1 atom stereocenters.